The van der Waals surface area contributed by atoms with Crippen LogP contribution in [0.4, 0.5) is 4.79 Å². The number of rotatable bonds is 21. The highest BCUT2D eigenvalue weighted by atomic mass is 16.5. The third kappa shape index (κ3) is 11.3. The van der Waals surface area contributed by atoms with Crippen LogP contribution in [-0.2, 0) is 49.3 Å². The molecule has 1 aliphatic heterocycles. The number of amides is 5. The highest BCUT2D eigenvalue weighted by Crippen LogP contribution is 2.44. The van der Waals surface area contributed by atoms with Gasteiger partial charge in [0.05, 0.1) is 43.7 Å². The third-order valence-corrected chi connectivity index (χ3v) is 14.9. The van der Waals surface area contributed by atoms with Gasteiger partial charge in [-0.25, -0.2) is 9.59 Å². The molecule has 2 aliphatic carbocycles. The lowest BCUT2D eigenvalue weighted by Gasteiger charge is -2.41. The molecule has 9 atom stereocenters. The Labute approximate surface area is 407 Å². The van der Waals surface area contributed by atoms with Crippen LogP contribution >= 0.6 is 0 Å². The number of benzene rings is 3. The predicted octanol–water partition coefficient (Wildman–Crippen LogP) is 6.36. The van der Waals surface area contributed by atoms with Gasteiger partial charge in [0.25, 0.3) is 0 Å². The number of esters is 1. The number of carbonyl (C=O) groups excluding carboxylic acids is 6. The summed E-state index contributed by atoms with van der Waals surface area (Å²) in [6, 6.07) is 21.0. The van der Waals surface area contributed by atoms with Gasteiger partial charge < -0.3 is 44.7 Å². The number of hydrogen-bond donors (Lipinski definition) is 3. The molecule has 15 nitrogen and oxygen atoms in total. The van der Waals surface area contributed by atoms with Gasteiger partial charge in [0.15, 0.2) is 0 Å². The van der Waals surface area contributed by atoms with Gasteiger partial charge in [0.2, 0.25) is 23.6 Å². The van der Waals surface area contributed by atoms with Gasteiger partial charge in [-0.1, -0.05) is 114 Å². The summed E-state index contributed by atoms with van der Waals surface area (Å²) in [6.45, 7) is 13.1. The molecule has 3 N–H and O–H groups in total. The summed E-state index contributed by atoms with van der Waals surface area (Å²) in [6.07, 6.45) is 0.364. The Morgan fingerprint density at radius 1 is 0.826 bits per heavy atom. The summed E-state index contributed by atoms with van der Waals surface area (Å²) >= 11 is 0. The Morgan fingerprint density at radius 3 is 2.00 bits per heavy atom. The lowest BCUT2D eigenvalue weighted by molar-refractivity contribution is -0.149. The molecule has 0 bridgehead atoms. The number of ether oxygens (including phenoxy) is 4. The van der Waals surface area contributed by atoms with Crippen molar-refractivity contribution >= 4 is 35.7 Å². The van der Waals surface area contributed by atoms with Crippen LogP contribution in [0, 0.1) is 17.8 Å². The van der Waals surface area contributed by atoms with E-state index in [1.807, 2.05) is 88.4 Å². The van der Waals surface area contributed by atoms with Crippen molar-refractivity contribution in [1.82, 2.24) is 25.8 Å². The molecule has 1 saturated heterocycles. The number of alkyl carbamates (subject to hydrolysis) is 1. The Morgan fingerprint density at radius 2 is 1.43 bits per heavy atom. The average Bonchev–Trinajstić information content (AvgIpc) is 3.94. The summed E-state index contributed by atoms with van der Waals surface area (Å²) in [5.41, 5.74) is 5.01. The molecule has 0 aromatic heterocycles. The van der Waals surface area contributed by atoms with Crippen LogP contribution in [-0.4, -0.2) is 129 Å². The third-order valence-electron chi connectivity index (χ3n) is 14.9. The summed E-state index contributed by atoms with van der Waals surface area (Å²) in [5.74, 6) is -3.63. The minimum absolute atomic E-state index is 0.0576. The molecule has 3 aromatic carbocycles. The summed E-state index contributed by atoms with van der Waals surface area (Å²) in [7, 11) is 6.02. The molecule has 1 heterocycles. The van der Waals surface area contributed by atoms with Crippen molar-refractivity contribution in [2.75, 3.05) is 41.5 Å². The number of nitrogens with zero attached hydrogens (tertiary/aromatic N) is 2. The minimum atomic E-state index is -1.46. The zero-order valence-corrected chi connectivity index (χ0v) is 42.2. The van der Waals surface area contributed by atoms with Gasteiger partial charge in [0, 0.05) is 39.6 Å². The van der Waals surface area contributed by atoms with Crippen molar-refractivity contribution in [2.45, 2.75) is 134 Å². The molecule has 374 valence electrons. The van der Waals surface area contributed by atoms with Crippen molar-refractivity contribution in [1.29, 1.82) is 0 Å². The first-order chi connectivity index (χ1) is 32.9. The molecule has 0 radical (unpaired) electrons. The van der Waals surface area contributed by atoms with E-state index in [0.29, 0.717) is 32.2 Å². The average molecular weight is 952 g/mol. The van der Waals surface area contributed by atoms with Crippen LogP contribution in [0.15, 0.2) is 72.8 Å². The number of likely N-dealkylation sites (tertiary alicyclic amines) is 1. The van der Waals surface area contributed by atoms with Crippen LogP contribution in [0.3, 0.4) is 0 Å². The lowest BCUT2D eigenvalue weighted by atomic mass is 9.73. The van der Waals surface area contributed by atoms with Crippen molar-refractivity contribution in [3.05, 3.63) is 95.1 Å². The molecule has 0 saturated carbocycles. The molecule has 6 rings (SSSR count). The fourth-order valence-electron chi connectivity index (χ4n) is 10.6. The summed E-state index contributed by atoms with van der Waals surface area (Å²) in [5, 5.41) is 8.58. The van der Waals surface area contributed by atoms with Crippen molar-refractivity contribution in [3.8, 4) is 11.1 Å². The highest BCUT2D eigenvalue weighted by molar-refractivity contribution is 5.94. The maximum Gasteiger partial charge on any atom is 0.408 e. The van der Waals surface area contributed by atoms with Crippen LogP contribution in [0.2, 0.25) is 0 Å². The number of methoxy groups -OCH3 is 3. The monoisotopic (exact) mass is 952 g/mol. The zero-order chi connectivity index (χ0) is 50.3. The molecule has 69 heavy (non-hydrogen) atoms. The fourth-order valence-corrected chi connectivity index (χ4v) is 10.6. The number of nitrogens with one attached hydrogen (secondary N) is 3. The number of fused-ring (bicyclic) bond motifs is 4. The maximum atomic E-state index is 14.6. The van der Waals surface area contributed by atoms with E-state index in [9.17, 15) is 28.8 Å². The molecule has 3 aliphatic rings. The van der Waals surface area contributed by atoms with Gasteiger partial charge in [-0.3, -0.25) is 19.2 Å². The van der Waals surface area contributed by atoms with Crippen LogP contribution in [0.25, 0.3) is 11.1 Å². The van der Waals surface area contributed by atoms with Crippen molar-refractivity contribution in [2.24, 2.45) is 17.8 Å². The van der Waals surface area contributed by atoms with E-state index >= 15 is 0 Å². The largest absolute Gasteiger partial charge is 0.467 e. The fraction of sp³-hybridized carbons (Fsp3) is 0.556. The molecule has 2 unspecified atom stereocenters. The molecule has 3 aromatic rings. The Hall–Kier alpha value is -5.80. The second kappa shape index (κ2) is 22.7. The zero-order valence-electron chi connectivity index (χ0n) is 42.2. The van der Waals surface area contributed by atoms with Gasteiger partial charge in [0.1, 0.15) is 24.2 Å². The van der Waals surface area contributed by atoms with Gasteiger partial charge in [-0.05, 0) is 78.3 Å². The molecular formula is C54H73N5O10. The summed E-state index contributed by atoms with van der Waals surface area (Å²) in [4.78, 5) is 86.6. The summed E-state index contributed by atoms with van der Waals surface area (Å²) < 4.78 is 22.9. The van der Waals surface area contributed by atoms with Crippen LogP contribution in [0.1, 0.15) is 108 Å². The second-order valence-electron chi connectivity index (χ2n) is 19.9. The number of hydrogen-bond acceptors (Lipinski definition) is 10. The Balaban J connectivity index is 1.09. The first-order valence-corrected chi connectivity index (χ1v) is 24.4. The van der Waals surface area contributed by atoms with E-state index in [0.717, 1.165) is 33.4 Å². The standard InChI is InChI=1S/C54H73N5O10/c1-12-32(4)47(43(66-9)29-44(60)59-27-19-26-42(59)48(67-10)33(5)49(61)55-46(51(63)68-11)40-28-34-20-13-14-21-35(34)40)58(8)50(62)45(31(2)3)56-52(64)54(6,7)57-53(65)69-30-41-38-24-17-15-22-36(38)37-23-16-18-25-39(37)41/h13-18,20-25,31-33,40-43,45-48H,12,19,26-30H2,1-11H3,(H,55,61)(H,56,64)(H,57,65)/t32-,33+,40?,42-,43+,45-,46?,47-,48+/m0/s1. The Kier molecular flexibility index (Phi) is 17.3. The SMILES string of the molecule is CC[C@H](C)[C@@H]([C@@H](CC(=O)N1CCC[C@H]1[C@H](OC)[C@@H](C)C(=O)NC(C(=O)OC)C1Cc2ccccc21)OC)N(C)C(=O)[C@@H](NC(=O)C(C)(C)NC(=O)OCC1c2ccccc2-c2ccccc21)C(C)C. The van der Waals surface area contributed by atoms with E-state index in [1.165, 1.54) is 21.3 Å². The van der Waals surface area contributed by atoms with E-state index in [2.05, 4.69) is 28.1 Å². The molecular weight excluding hydrogens is 879 g/mol. The smallest absolute Gasteiger partial charge is 0.408 e. The first-order valence-electron chi connectivity index (χ1n) is 24.4. The quantitative estimate of drug-likeness (QED) is 0.102. The Bertz CT molecular complexity index is 2290. The first kappa shape index (κ1) is 52.6. The van der Waals surface area contributed by atoms with Crippen LogP contribution in [0.5, 0.6) is 0 Å². The highest BCUT2D eigenvalue weighted by Gasteiger charge is 2.45. The number of likely N-dealkylation sites (N-methyl/N-ethyl adjacent to an activating group) is 1. The van der Waals surface area contributed by atoms with E-state index in [1.54, 1.807) is 37.6 Å². The van der Waals surface area contributed by atoms with Gasteiger partial charge >= 0.3 is 12.1 Å². The molecule has 15 heteroatoms. The van der Waals surface area contributed by atoms with Gasteiger partial charge in [-0.15, -0.1) is 0 Å². The topological polar surface area (TPSA) is 182 Å². The lowest BCUT2D eigenvalue weighted by Crippen LogP contribution is -2.62. The molecule has 1 fully saturated rings. The predicted molar refractivity (Wildman–Crippen MR) is 262 cm³/mol. The molecule has 0 spiro atoms. The van der Waals surface area contributed by atoms with Crippen molar-refractivity contribution in [3.63, 3.8) is 0 Å². The van der Waals surface area contributed by atoms with Crippen LogP contribution < -0.4 is 16.0 Å². The van der Waals surface area contributed by atoms with E-state index < -0.39 is 65.8 Å². The van der Waals surface area contributed by atoms with Crippen molar-refractivity contribution < 1.29 is 47.7 Å². The minimum Gasteiger partial charge on any atom is -0.467 e. The van der Waals surface area contributed by atoms with Gasteiger partial charge in [-0.2, -0.15) is 0 Å². The molecule has 5 amide bonds. The maximum absolute atomic E-state index is 14.6. The van der Waals surface area contributed by atoms with E-state index in [-0.39, 0.29) is 54.4 Å². The second-order valence-corrected chi connectivity index (χ2v) is 19.9. The van der Waals surface area contributed by atoms with E-state index in [4.69, 9.17) is 18.9 Å². The number of carbonyl (C=O) groups is 6. The normalized spacial score (nSPS) is 19.3.